The van der Waals surface area contributed by atoms with Gasteiger partial charge in [-0.25, -0.2) is 0 Å². The first-order valence-corrected chi connectivity index (χ1v) is 7.02. The van der Waals surface area contributed by atoms with Crippen LogP contribution in [-0.2, 0) is 6.42 Å². The number of anilines is 1. The average molecular weight is 334 g/mol. The number of aryl methyl sites for hydroxylation is 1. The second kappa shape index (κ2) is 6.09. The SMILES string of the molecule is COc1ccc(C)cc1CC(=O)c1cc(Br)ccc1N. The van der Waals surface area contributed by atoms with E-state index >= 15 is 0 Å². The summed E-state index contributed by atoms with van der Waals surface area (Å²) < 4.78 is 6.14. The van der Waals surface area contributed by atoms with Crippen molar-refractivity contribution in [1.29, 1.82) is 0 Å². The number of rotatable bonds is 4. The van der Waals surface area contributed by atoms with Gasteiger partial charge in [-0.1, -0.05) is 33.6 Å². The smallest absolute Gasteiger partial charge is 0.169 e. The summed E-state index contributed by atoms with van der Waals surface area (Å²) in [6.45, 7) is 1.99. The maximum absolute atomic E-state index is 12.4. The van der Waals surface area contributed by atoms with Crippen molar-refractivity contribution in [2.45, 2.75) is 13.3 Å². The van der Waals surface area contributed by atoms with Crippen LogP contribution in [0, 0.1) is 6.92 Å². The zero-order valence-corrected chi connectivity index (χ0v) is 13.0. The Morgan fingerprint density at radius 2 is 2.00 bits per heavy atom. The van der Waals surface area contributed by atoms with Crippen molar-refractivity contribution in [3.05, 3.63) is 57.6 Å². The lowest BCUT2D eigenvalue weighted by Gasteiger charge is -2.10. The number of carbonyl (C=O) groups is 1. The summed E-state index contributed by atoms with van der Waals surface area (Å²) in [6.07, 6.45) is 0.269. The Kier molecular flexibility index (Phi) is 4.45. The molecule has 0 saturated heterocycles. The Labute approximate surface area is 126 Å². The summed E-state index contributed by atoms with van der Waals surface area (Å²) in [6, 6.07) is 11.1. The summed E-state index contributed by atoms with van der Waals surface area (Å²) in [7, 11) is 1.60. The first-order chi connectivity index (χ1) is 9.51. The van der Waals surface area contributed by atoms with Crippen LogP contribution in [0.25, 0.3) is 0 Å². The zero-order valence-electron chi connectivity index (χ0n) is 11.4. The Balaban J connectivity index is 2.32. The molecule has 4 heteroatoms. The van der Waals surface area contributed by atoms with Gasteiger partial charge in [-0.2, -0.15) is 0 Å². The highest BCUT2D eigenvalue weighted by Crippen LogP contribution is 2.24. The minimum atomic E-state index is -0.0206. The minimum absolute atomic E-state index is 0.0206. The monoisotopic (exact) mass is 333 g/mol. The van der Waals surface area contributed by atoms with Crippen LogP contribution in [-0.4, -0.2) is 12.9 Å². The fraction of sp³-hybridized carbons (Fsp3) is 0.188. The van der Waals surface area contributed by atoms with E-state index in [9.17, 15) is 4.79 Å². The highest BCUT2D eigenvalue weighted by atomic mass is 79.9. The van der Waals surface area contributed by atoms with Crippen molar-refractivity contribution in [1.82, 2.24) is 0 Å². The summed E-state index contributed by atoms with van der Waals surface area (Å²) in [5.74, 6) is 0.699. The van der Waals surface area contributed by atoms with Crippen LogP contribution in [0.5, 0.6) is 5.75 Å². The molecule has 0 aliphatic carbocycles. The molecule has 0 amide bonds. The van der Waals surface area contributed by atoms with Crippen molar-refractivity contribution in [2.24, 2.45) is 0 Å². The van der Waals surface area contributed by atoms with Crippen LogP contribution in [0.1, 0.15) is 21.5 Å². The molecule has 0 radical (unpaired) electrons. The second-order valence-corrected chi connectivity index (χ2v) is 5.56. The molecule has 2 aromatic rings. The number of hydrogen-bond donors (Lipinski definition) is 1. The van der Waals surface area contributed by atoms with Gasteiger partial charge in [-0.05, 0) is 31.2 Å². The maximum Gasteiger partial charge on any atom is 0.169 e. The molecule has 0 aliphatic heterocycles. The van der Waals surface area contributed by atoms with Crippen LogP contribution in [0.15, 0.2) is 40.9 Å². The Bertz CT molecular complexity index is 653. The molecule has 0 atom stereocenters. The van der Waals surface area contributed by atoms with E-state index in [-0.39, 0.29) is 12.2 Å². The number of methoxy groups -OCH3 is 1. The first kappa shape index (κ1) is 14.6. The molecule has 3 nitrogen and oxygen atoms in total. The fourth-order valence-corrected chi connectivity index (χ4v) is 2.44. The van der Waals surface area contributed by atoms with Crippen molar-refractivity contribution in [3.8, 4) is 5.75 Å². The number of ketones is 1. The molecule has 0 bridgehead atoms. The second-order valence-electron chi connectivity index (χ2n) is 4.65. The van der Waals surface area contributed by atoms with E-state index in [0.29, 0.717) is 11.3 Å². The molecule has 0 spiro atoms. The predicted molar refractivity (Wildman–Crippen MR) is 84.3 cm³/mol. The Morgan fingerprint density at radius 1 is 1.25 bits per heavy atom. The molecule has 0 aromatic heterocycles. The minimum Gasteiger partial charge on any atom is -0.496 e. The van der Waals surface area contributed by atoms with Crippen LogP contribution in [0.2, 0.25) is 0 Å². The quantitative estimate of drug-likeness (QED) is 0.684. The average Bonchev–Trinajstić information content (AvgIpc) is 2.41. The summed E-state index contributed by atoms with van der Waals surface area (Å²) in [5, 5.41) is 0. The maximum atomic E-state index is 12.4. The van der Waals surface area contributed by atoms with Crippen LogP contribution < -0.4 is 10.5 Å². The number of nitrogen functional groups attached to an aromatic ring is 1. The van der Waals surface area contributed by atoms with Gasteiger partial charge in [-0.3, -0.25) is 4.79 Å². The highest BCUT2D eigenvalue weighted by Gasteiger charge is 2.14. The van der Waals surface area contributed by atoms with Gasteiger partial charge in [0.1, 0.15) is 5.75 Å². The van der Waals surface area contributed by atoms with Crippen molar-refractivity contribution < 1.29 is 9.53 Å². The van der Waals surface area contributed by atoms with Gasteiger partial charge >= 0.3 is 0 Å². The standard InChI is InChI=1S/C16H16BrNO2/c1-10-3-6-16(20-2)11(7-10)8-15(19)13-9-12(17)4-5-14(13)18/h3-7,9H,8,18H2,1-2H3. The third-order valence-corrected chi connectivity index (χ3v) is 3.60. The van der Waals surface area contributed by atoms with Crippen molar-refractivity contribution in [2.75, 3.05) is 12.8 Å². The van der Waals surface area contributed by atoms with E-state index in [1.54, 1.807) is 19.2 Å². The molecule has 0 heterocycles. The van der Waals surface area contributed by atoms with Gasteiger partial charge in [0.05, 0.1) is 7.11 Å². The molecule has 0 saturated carbocycles. The van der Waals surface area contributed by atoms with E-state index < -0.39 is 0 Å². The fourth-order valence-electron chi connectivity index (χ4n) is 2.08. The molecular weight excluding hydrogens is 318 g/mol. The molecular formula is C16H16BrNO2. The molecule has 0 fully saturated rings. The molecule has 0 aliphatic rings. The lowest BCUT2D eigenvalue weighted by Crippen LogP contribution is -2.08. The van der Waals surface area contributed by atoms with Crippen LogP contribution in [0.4, 0.5) is 5.69 Å². The Morgan fingerprint density at radius 3 is 2.70 bits per heavy atom. The Hall–Kier alpha value is -1.81. The zero-order chi connectivity index (χ0) is 14.7. The van der Waals surface area contributed by atoms with E-state index in [2.05, 4.69) is 15.9 Å². The third kappa shape index (κ3) is 3.20. The van der Waals surface area contributed by atoms with E-state index in [0.717, 1.165) is 21.3 Å². The number of ether oxygens (including phenoxy) is 1. The number of carbonyl (C=O) groups excluding carboxylic acids is 1. The lowest BCUT2D eigenvalue weighted by molar-refractivity contribution is 0.0993. The van der Waals surface area contributed by atoms with Gasteiger partial charge in [0.2, 0.25) is 0 Å². The van der Waals surface area contributed by atoms with Gasteiger partial charge < -0.3 is 10.5 Å². The summed E-state index contributed by atoms with van der Waals surface area (Å²) in [4.78, 5) is 12.4. The van der Waals surface area contributed by atoms with E-state index in [1.807, 2.05) is 31.2 Å². The molecule has 20 heavy (non-hydrogen) atoms. The number of nitrogens with two attached hydrogens (primary N) is 1. The van der Waals surface area contributed by atoms with E-state index in [1.165, 1.54) is 0 Å². The largest absolute Gasteiger partial charge is 0.496 e. The first-order valence-electron chi connectivity index (χ1n) is 6.23. The van der Waals surface area contributed by atoms with Crippen molar-refractivity contribution in [3.63, 3.8) is 0 Å². The predicted octanol–water partition coefficient (Wildman–Crippen LogP) is 3.77. The number of halogens is 1. The summed E-state index contributed by atoms with van der Waals surface area (Å²) >= 11 is 3.36. The normalized spacial score (nSPS) is 10.3. The summed E-state index contributed by atoms with van der Waals surface area (Å²) in [5.41, 5.74) is 8.86. The highest BCUT2D eigenvalue weighted by molar-refractivity contribution is 9.10. The van der Waals surface area contributed by atoms with Gasteiger partial charge in [0.15, 0.2) is 5.78 Å². The third-order valence-electron chi connectivity index (χ3n) is 3.10. The number of Topliss-reactive ketones (excluding diaryl/α,β-unsaturated/α-hetero) is 1. The lowest BCUT2D eigenvalue weighted by atomic mass is 10.00. The topological polar surface area (TPSA) is 52.3 Å². The van der Waals surface area contributed by atoms with Gasteiger partial charge in [0.25, 0.3) is 0 Å². The van der Waals surface area contributed by atoms with Gasteiger partial charge in [-0.15, -0.1) is 0 Å². The van der Waals surface area contributed by atoms with Gasteiger partial charge in [0, 0.05) is 27.7 Å². The molecule has 2 N–H and O–H groups in total. The molecule has 104 valence electrons. The number of benzene rings is 2. The van der Waals surface area contributed by atoms with Crippen LogP contribution in [0.3, 0.4) is 0 Å². The number of hydrogen-bond acceptors (Lipinski definition) is 3. The molecule has 2 aromatic carbocycles. The molecule has 0 unspecified atom stereocenters. The van der Waals surface area contributed by atoms with Crippen molar-refractivity contribution >= 4 is 27.4 Å². The molecule has 2 rings (SSSR count). The van der Waals surface area contributed by atoms with Crippen LogP contribution >= 0.6 is 15.9 Å². The van der Waals surface area contributed by atoms with E-state index in [4.69, 9.17) is 10.5 Å².